The van der Waals surface area contributed by atoms with Gasteiger partial charge in [-0.1, -0.05) is 35.3 Å². The average molecular weight is 868 g/mol. The summed E-state index contributed by atoms with van der Waals surface area (Å²) in [7, 11) is -6.85. The largest absolute Gasteiger partial charge is 0.495 e. The highest BCUT2D eigenvalue weighted by Crippen LogP contribution is 2.37. The molecular formula is C35H36Cl2N6O12S2. The molecule has 0 aromatic heterocycles. The number of hydrogen-bond acceptors (Lipinski definition) is 12. The molecule has 0 radical (unpaired) electrons. The van der Waals surface area contributed by atoms with Crippen LogP contribution in [-0.2, 0) is 29.6 Å². The van der Waals surface area contributed by atoms with E-state index in [4.69, 9.17) is 32.7 Å². The minimum absolute atomic E-state index is 0.00813. The number of nitro benzene ring substituents is 2. The van der Waals surface area contributed by atoms with Crippen LogP contribution in [0.1, 0.15) is 18.1 Å². The lowest BCUT2D eigenvalue weighted by atomic mass is 10.2. The molecular weight excluding hydrogens is 831 g/mol. The quantitative estimate of drug-likeness (QED) is 0.103. The molecule has 0 heterocycles. The number of ether oxygens (including phenoxy) is 2. The topological polar surface area (TPSA) is 238 Å². The molecule has 304 valence electrons. The molecule has 0 bridgehead atoms. The molecule has 22 heteroatoms. The van der Waals surface area contributed by atoms with Crippen LogP contribution < -0.4 is 28.7 Å². The molecule has 0 saturated carbocycles. The lowest BCUT2D eigenvalue weighted by Gasteiger charge is -2.27. The molecule has 0 fully saturated rings. The highest BCUT2D eigenvalue weighted by atomic mass is 35.5. The summed E-state index contributed by atoms with van der Waals surface area (Å²) in [5, 5.41) is 28.5. The van der Waals surface area contributed by atoms with Crippen molar-refractivity contribution in [2.75, 3.05) is 42.5 Å². The molecule has 57 heavy (non-hydrogen) atoms. The van der Waals surface area contributed by atoms with Gasteiger partial charge in [0.2, 0.25) is 11.8 Å². The first kappa shape index (κ1) is 44.0. The number of aryl methyl sites for hydroxylation is 2. The van der Waals surface area contributed by atoms with Gasteiger partial charge in [-0.15, -0.1) is 0 Å². The second-order valence-corrected chi connectivity index (χ2v) is 16.9. The van der Waals surface area contributed by atoms with E-state index in [9.17, 15) is 46.7 Å². The summed E-state index contributed by atoms with van der Waals surface area (Å²) in [4.78, 5) is 47.6. The Labute approximate surface area is 337 Å². The fourth-order valence-electron chi connectivity index (χ4n) is 5.42. The Hall–Kier alpha value is -5.70. The van der Waals surface area contributed by atoms with Gasteiger partial charge in [0, 0.05) is 45.9 Å². The maximum atomic E-state index is 14.0. The van der Waals surface area contributed by atoms with E-state index in [0.29, 0.717) is 8.61 Å². The predicted molar refractivity (Wildman–Crippen MR) is 211 cm³/mol. The van der Waals surface area contributed by atoms with Crippen LogP contribution in [0.4, 0.5) is 22.7 Å². The van der Waals surface area contributed by atoms with E-state index in [2.05, 4.69) is 10.6 Å². The van der Waals surface area contributed by atoms with Gasteiger partial charge in [-0.2, -0.15) is 0 Å². The maximum absolute atomic E-state index is 14.0. The molecule has 1 atom stereocenters. The summed E-state index contributed by atoms with van der Waals surface area (Å²) >= 11 is 12.4. The Morgan fingerprint density at radius 3 is 1.49 bits per heavy atom. The molecule has 0 spiro atoms. The van der Waals surface area contributed by atoms with E-state index in [1.807, 2.05) is 0 Å². The van der Waals surface area contributed by atoms with E-state index in [1.165, 1.54) is 83.5 Å². The molecule has 1 unspecified atom stereocenters. The Balaban J connectivity index is 1.58. The Morgan fingerprint density at radius 1 is 0.702 bits per heavy atom. The SMILES string of the molecule is COc1ccc(Cl)cc1N(CC(=O)NCC(C)NC(=O)CN(c1cc(Cl)ccc1OC)S(=O)(=O)c1ccc(C)c([N+](=O)[O-])c1)S(=O)(=O)c1ccc(C)c([N+](=O)[O-])c1. The first-order valence-corrected chi connectivity index (χ1v) is 20.1. The third kappa shape index (κ3) is 10.2. The maximum Gasteiger partial charge on any atom is 0.273 e. The van der Waals surface area contributed by atoms with Crippen LogP contribution in [0.3, 0.4) is 0 Å². The minimum atomic E-state index is -4.69. The number of rotatable bonds is 17. The highest BCUT2D eigenvalue weighted by Gasteiger charge is 2.33. The van der Waals surface area contributed by atoms with E-state index in [1.54, 1.807) is 0 Å². The third-order valence-electron chi connectivity index (χ3n) is 8.34. The molecule has 0 aliphatic carbocycles. The highest BCUT2D eigenvalue weighted by molar-refractivity contribution is 7.93. The summed E-state index contributed by atoms with van der Waals surface area (Å²) in [5.74, 6) is -1.74. The zero-order valence-corrected chi connectivity index (χ0v) is 34.0. The lowest BCUT2D eigenvalue weighted by Crippen LogP contribution is -2.48. The third-order valence-corrected chi connectivity index (χ3v) is 12.3. The fraction of sp³-hybridized carbons (Fsp3) is 0.257. The van der Waals surface area contributed by atoms with E-state index < -0.39 is 82.0 Å². The molecule has 0 saturated heterocycles. The zero-order valence-electron chi connectivity index (χ0n) is 30.9. The van der Waals surface area contributed by atoms with Crippen molar-refractivity contribution >= 4 is 77.8 Å². The fourth-order valence-corrected chi connectivity index (χ4v) is 8.64. The molecule has 0 aliphatic heterocycles. The van der Waals surface area contributed by atoms with Crippen LogP contribution in [0, 0.1) is 34.1 Å². The lowest BCUT2D eigenvalue weighted by molar-refractivity contribution is -0.385. The van der Waals surface area contributed by atoms with Gasteiger partial charge in [-0.3, -0.25) is 38.4 Å². The summed E-state index contributed by atoms with van der Waals surface area (Å²) in [6, 6.07) is 13.7. The van der Waals surface area contributed by atoms with Crippen LogP contribution >= 0.6 is 23.2 Å². The molecule has 4 rings (SSSR count). The zero-order chi connectivity index (χ0) is 42.4. The van der Waals surface area contributed by atoms with Gasteiger partial charge in [0.25, 0.3) is 31.4 Å². The molecule has 18 nitrogen and oxygen atoms in total. The van der Waals surface area contributed by atoms with Crippen LogP contribution in [0.15, 0.2) is 82.6 Å². The number of hydrogen-bond donors (Lipinski definition) is 2. The van der Waals surface area contributed by atoms with Gasteiger partial charge < -0.3 is 20.1 Å². The van der Waals surface area contributed by atoms with Crippen molar-refractivity contribution in [2.45, 2.75) is 36.6 Å². The number of benzene rings is 4. The number of nitrogens with zero attached hydrogens (tertiary/aromatic N) is 4. The Bertz CT molecular complexity index is 2450. The predicted octanol–water partition coefficient (Wildman–Crippen LogP) is 5.16. The first-order chi connectivity index (χ1) is 26.7. The normalized spacial score (nSPS) is 11.9. The summed E-state index contributed by atoms with van der Waals surface area (Å²) in [5.41, 5.74) is -0.841. The smallest absolute Gasteiger partial charge is 0.273 e. The van der Waals surface area contributed by atoms with Crippen molar-refractivity contribution in [3.8, 4) is 11.5 Å². The summed E-state index contributed by atoms with van der Waals surface area (Å²) in [6.07, 6.45) is 0. The number of anilines is 2. The number of carbonyl (C=O) groups excluding carboxylic acids is 2. The van der Waals surface area contributed by atoms with Crippen LogP contribution in [-0.4, -0.2) is 78.4 Å². The van der Waals surface area contributed by atoms with Gasteiger partial charge in [-0.25, -0.2) is 16.8 Å². The van der Waals surface area contributed by atoms with Crippen molar-refractivity contribution in [1.29, 1.82) is 0 Å². The van der Waals surface area contributed by atoms with Crippen LogP contribution in [0.25, 0.3) is 0 Å². The number of sulfonamides is 2. The van der Waals surface area contributed by atoms with Gasteiger partial charge in [-0.05, 0) is 69.3 Å². The minimum Gasteiger partial charge on any atom is -0.495 e. The van der Waals surface area contributed by atoms with Crippen molar-refractivity contribution in [3.63, 3.8) is 0 Å². The summed E-state index contributed by atoms with van der Waals surface area (Å²) < 4.78 is 68.1. The van der Waals surface area contributed by atoms with Gasteiger partial charge in [0.05, 0.1) is 45.2 Å². The first-order valence-electron chi connectivity index (χ1n) is 16.5. The number of nitrogens with one attached hydrogen (secondary N) is 2. The number of amides is 2. The van der Waals surface area contributed by atoms with Gasteiger partial charge in [0.15, 0.2) is 0 Å². The number of methoxy groups -OCH3 is 2. The van der Waals surface area contributed by atoms with E-state index >= 15 is 0 Å². The molecule has 2 amide bonds. The second kappa shape index (κ2) is 18.0. The second-order valence-electron chi connectivity index (χ2n) is 12.3. The number of carbonyl (C=O) groups is 2. The molecule has 4 aromatic carbocycles. The Morgan fingerprint density at radius 2 is 1.11 bits per heavy atom. The Kier molecular flexibility index (Phi) is 13.9. The van der Waals surface area contributed by atoms with Gasteiger partial charge in [0.1, 0.15) is 24.6 Å². The number of halogens is 2. The van der Waals surface area contributed by atoms with E-state index in [0.717, 1.165) is 24.3 Å². The van der Waals surface area contributed by atoms with Crippen LogP contribution in [0.2, 0.25) is 10.0 Å². The number of nitro groups is 2. The molecule has 2 N–H and O–H groups in total. The van der Waals surface area contributed by atoms with Crippen molar-refractivity contribution < 1.29 is 45.7 Å². The van der Waals surface area contributed by atoms with Crippen molar-refractivity contribution in [3.05, 3.63) is 114 Å². The standard InChI is InChI=1S/C35H36Cl2N6O12S2/c1-21-6-10-26(16-28(21)42(46)47)56(50,51)40(30-14-24(36)8-12-32(30)54-4)19-34(44)38-18-23(3)39-35(45)20-41(31-15-25(37)9-13-33(31)55-5)57(52,53)27-11-7-22(2)29(17-27)43(48)49/h6-17,23H,18-20H2,1-5H3,(H,38,44)(H,39,45). The van der Waals surface area contributed by atoms with Crippen LogP contribution in [0.5, 0.6) is 11.5 Å². The molecule has 0 aliphatic rings. The van der Waals surface area contributed by atoms with Crippen molar-refractivity contribution in [2.24, 2.45) is 0 Å². The monoisotopic (exact) mass is 866 g/mol. The van der Waals surface area contributed by atoms with E-state index in [-0.39, 0.29) is 50.6 Å². The average Bonchev–Trinajstić information content (AvgIpc) is 3.14. The van der Waals surface area contributed by atoms with Gasteiger partial charge >= 0.3 is 0 Å². The van der Waals surface area contributed by atoms with Crippen molar-refractivity contribution in [1.82, 2.24) is 10.6 Å². The molecule has 4 aromatic rings. The summed E-state index contributed by atoms with van der Waals surface area (Å²) in [6.45, 7) is 2.30.